The van der Waals surface area contributed by atoms with E-state index in [1.165, 1.54) is 6.92 Å². The Bertz CT molecular complexity index is 273. The van der Waals surface area contributed by atoms with Gasteiger partial charge in [0.05, 0.1) is 0 Å². The molecule has 4 N–H and O–H groups in total. The van der Waals surface area contributed by atoms with Gasteiger partial charge < -0.3 is 10.3 Å². The minimum absolute atomic E-state index is 0.338. The van der Waals surface area contributed by atoms with Gasteiger partial charge in [-0.15, -0.1) is 0 Å². The topological polar surface area (TPSA) is 110 Å². The summed E-state index contributed by atoms with van der Waals surface area (Å²) < 4.78 is 31.7. The van der Waals surface area contributed by atoms with Gasteiger partial charge in [0.25, 0.3) is 0 Å². The third-order valence-electron chi connectivity index (χ3n) is 1.76. The van der Waals surface area contributed by atoms with E-state index in [4.69, 9.17) is 20.3 Å². The van der Waals surface area contributed by atoms with Gasteiger partial charge in [0.1, 0.15) is 0 Å². The fourth-order valence-corrected chi connectivity index (χ4v) is 0.800. The van der Waals surface area contributed by atoms with E-state index in [1.54, 1.807) is 0 Å². The van der Waals surface area contributed by atoms with E-state index in [9.17, 15) is 18.0 Å². The number of hydrogen-bond donors (Lipinski definition) is 4. The van der Waals surface area contributed by atoms with Crippen molar-refractivity contribution in [3.8, 4) is 0 Å². The smallest absolute Gasteiger partial charge is 0.475 e. The Morgan fingerprint density at radius 3 is 2.00 bits per heavy atom. The van der Waals surface area contributed by atoms with Gasteiger partial charge in [-0.25, -0.2) is 15.3 Å². The Labute approximate surface area is 107 Å². The molecule has 0 saturated heterocycles. The number of nitrogens with one attached hydrogen (secondary N) is 1. The quantitative estimate of drug-likeness (QED) is 0.330. The second kappa shape index (κ2) is 10.5. The van der Waals surface area contributed by atoms with Gasteiger partial charge in [0.15, 0.2) is 0 Å². The first kappa shape index (κ1) is 19.9. The van der Waals surface area contributed by atoms with E-state index >= 15 is 0 Å². The Hall–Kier alpha value is -1.39. The number of alkyl halides is 3. The third-order valence-corrected chi connectivity index (χ3v) is 1.76. The Morgan fingerprint density at radius 2 is 1.68 bits per heavy atom. The maximum atomic E-state index is 10.6. The van der Waals surface area contributed by atoms with E-state index in [0.717, 1.165) is 19.3 Å². The number of nitrogens with zero attached hydrogens (tertiary/aromatic N) is 1. The highest BCUT2D eigenvalue weighted by Gasteiger charge is 2.38. The van der Waals surface area contributed by atoms with Gasteiger partial charge in [0.2, 0.25) is 5.91 Å². The summed E-state index contributed by atoms with van der Waals surface area (Å²) in [7, 11) is 0. The zero-order chi connectivity index (χ0) is 15.5. The molecule has 10 heteroatoms. The van der Waals surface area contributed by atoms with Crippen LogP contribution in [-0.4, -0.2) is 51.7 Å². The number of unbranched alkanes of at least 4 members (excludes halogenated alkanes) is 2. The number of halogens is 3. The van der Waals surface area contributed by atoms with E-state index in [1.807, 2.05) is 5.48 Å². The minimum atomic E-state index is -5.08. The van der Waals surface area contributed by atoms with Crippen LogP contribution >= 0.6 is 0 Å². The number of hydroxylamine groups is 3. The van der Waals surface area contributed by atoms with Gasteiger partial charge >= 0.3 is 12.1 Å². The average molecular weight is 290 g/mol. The standard InChI is InChI=1S/C7H16N2O3.C2HF3O2/c1-7(10)9(12)6-4-2-3-5-8-11;3-2(4,5)1(6)7/h8,11-12H,2-6H2,1H3;(H,6,7). The summed E-state index contributed by atoms with van der Waals surface area (Å²) in [5.74, 6) is -3.09. The molecular formula is C9H17F3N2O5. The van der Waals surface area contributed by atoms with Gasteiger partial charge in [-0.2, -0.15) is 13.2 Å². The van der Waals surface area contributed by atoms with Crippen LogP contribution in [-0.2, 0) is 9.59 Å². The summed E-state index contributed by atoms with van der Waals surface area (Å²) in [6, 6.07) is 0. The molecule has 7 nitrogen and oxygen atoms in total. The summed E-state index contributed by atoms with van der Waals surface area (Å²) in [6.07, 6.45) is -2.63. The van der Waals surface area contributed by atoms with E-state index in [0.29, 0.717) is 18.2 Å². The van der Waals surface area contributed by atoms with Crippen molar-refractivity contribution < 1.29 is 38.3 Å². The van der Waals surface area contributed by atoms with Crippen LogP contribution in [0.2, 0.25) is 0 Å². The van der Waals surface area contributed by atoms with E-state index < -0.39 is 12.1 Å². The molecule has 0 aliphatic heterocycles. The summed E-state index contributed by atoms with van der Waals surface area (Å²) >= 11 is 0. The van der Waals surface area contributed by atoms with Crippen LogP contribution in [0.1, 0.15) is 26.2 Å². The minimum Gasteiger partial charge on any atom is -0.475 e. The van der Waals surface area contributed by atoms with Crippen LogP contribution < -0.4 is 5.48 Å². The van der Waals surface area contributed by atoms with Crippen molar-refractivity contribution in [2.45, 2.75) is 32.4 Å². The molecule has 1 amide bonds. The zero-order valence-electron chi connectivity index (χ0n) is 10.3. The zero-order valence-corrected chi connectivity index (χ0v) is 10.3. The normalized spacial score (nSPS) is 10.4. The third kappa shape index (κ3) is 14.6. The molecule has 19 heavy (non-hydrogen) atoms. The lowest BCUT2D eigenvalue weighted by Crippen LogP contribution is -2.25. The molecule has 0 saturated carbocycles. The molecule has 0 heterocycles. The molecule has 0 aromatic heterocycles. The van der Waals surface area contributed by atoms with E-state index in [-0.39, 0.29) is 5.91 Å². The first-order valence-corrected chi connectivity index (χ1v) is 5.27. The second-order valence-electron chi connectivity index (χ2n) is 3.41. The number of carboxylic acid groups (broad SMARTS) is 1. The fraction of sp³-hybridized carbons (Fsp3) is 0.778. The summed E-state index contributed by atoms with van der Waals surface area (Å²) in [5.41, 5.74) is 2.04. The van der Waals surface area contributed by atoms with Crippen LogP contribution in [0.4, 0.5) is 13.2 Å². The van der Waals surface area contributed by atoms with Gasteiger partial charge in [0, 0.05) is 20.0 Å². The van der Waals surface area contributed by atoms with Crippen LogP contribution in [0.15, 0.2) is 0 Å². The van der Waals surface area contributed by atoms with Gasteiger partial charge in [-0.3, -0.25) is 10.0 Å². The Balaban J connectivity index is 0. The van der Waals surface area contributed by atoms with Crippen molar-refractivity contribution in [2.75, 3.05) is 13.1 Å². The number of hydrogen-bond acceptors (Lipinski definition) is 5. The first-order chi connectivity index (χ1) is 8.62. The van der Waals surface area contributed by atoms with Crippen molar-refractivity contribution in [1.82, 2.24) is 10.5 Å². The Morgan fingerprint density at radius 1 is 1.21 bits per heavy atom. The highest BCUT2D eigenvalue weighted by molar-refractivity contribution is 5.73. The Kier molecular flexibility index (Phi) is 11.0. The number of carbonyl (C=O) groups is 2. The lowest BCUT2D eigenvalue weighted by molar-refractivity contribution is -0.192. The summed E-state index contributed by atoms with van der Waals surface area (Å²) in [4.78, 5) is 19.4. The van der Waals surface area contributed by atoms with Crippen molar-refractivity contribution >= 4 is 11.9 Å². The number of rotatable bonds is 6. The first-order valence-electron chi connectivity index (χ1n) is 5.27. The molecule has 0 bridgehead atoms. The summed E-state index contributed by atoms with van der Waals surface area (Å²) in [5, 5.41) is 24.9. The average Bonchev–Trinajstić information content (AvgIpc) is 2.27. The number of carboxylic acids is 1. The van der Waals surface area contributed by atoms with Gasteiger partial charge in [-0.1, -0.05) is 6.42 Å². The second-order valence-corrected chi connectivity index (χ2v) is 3.41. The molecule has 0 aromatic carbocycles. The van der Waals surface area contributed by atoms with Crippen LogP contribution in [0.5, 0.6) is 0 Å². The van der Waals surface area contributed by atoms with Gasteiger partial charge in [-0.05, 0) is 12.8 Å². The largest absolute Gasteiger partial charge is 0.490 e. The summed E-state index contributed by atoms with van der Waals surface area (Å²) in [6.45, 7) is 2.22. The molecule has 0 aromatic rings. The molecule has 0 fully saturated rings. The fourth-order valence-electron chi connectivity index (χ4n) is 0.800. The van der Waals surface area contributed by atoms with Crippen molar-refractivity contribution in [3.05, 3.63) is 0 Å². The monoisotopic (exact) mass is 290 g/mol. The highest BCUT2D eigenvalue weighted by Crippen LogP contribution is 2.13. The molecule has 0 unspecified atom stereocenters. The molecule has 0 atom stereocenters. The molecule has 0 aliphatic carbocycles. The van der Waals surface area contributed by atoms with Crippen LogP contribution in [0, 0.1) is 0 Å². The molecular weight excluding hydrogens is 273 g/mol. The predicted octanol–water partition coefficient (Wildman–Crippen LogP) is 1.01. The SMILES string of the molecule is CC(=O)N(O)CCCCCNO.O=C(O)C(F)(F)F. The number of aliphatic carboxylic acids is 1. The van der Waals surface area contributed by atoms with E-state index in [2.05, 4.69) is 0 Å². The molecule has 114 valence electrons. The lowest BCUT2D eigenvalue weighted by atomic mass is 10.2. The van der Waals surface area contributed by atoms with Crippen LogP contribution in [0.25, 0.3) is 0 Å². The van der Waals surface area contributed by atoms with Crippen LogP contribution in [0.3, 0.4) is 0 Å². The highest BCUT2D eigenvalue weighted by atomic mass is 19.4. The molecule has 0 aliphatic rings. The number of amides is 1. The number of carbonyl (C=O) groups excluding carboxylic acids is 1. The van der Waals surface area contributed by atoms with Crippen molar-refractivity contribution in [3.63, 3.8) is 0 Å². The molecule has 0 rings (SSSR count). The van der Waals surface area contributed by atoms with Crippen molar-refractivity contribution in [1.29, 1.82) is 0 Å². The van der Waals surface area contributed by atoms with Crippen molar-refractivity contribution in [2.24, 2.45) is 0 Å². The maximum absolute atomic E-state index is 10.6. The molecule has 0 radical (unpaired) electrons. The lowest BCUT2D eigenvalue weighted by Gasteiger charge is -2.11. The predicted molar refractivity (Wildman–Crippen MR) is 56.5 cm³/mol. The maximum Gasteiger partial charge on any atom is 0.490 e. The molecule has 0 spiro atoms.